The molecule has 0 spiro atoms. The van der Waals surface area contributed by atoms with Crippen molar-refractivity contribution in [1.82, 2.24) is 0 Å². The average molecular weight is 439 g/mol. The van der Waals surface area contributed by atoms with Gasteiger partial charge in [-0.15, -0.1) is 0 Å². The van der Waals surface area contributed by atoms with Gasteiger partial charge < -0.3 is 9.64 Å². The Labute approximate surface area is 181 Å². The number of para-hydroxylation sites is 2. The molecule has 31 heavy (non-hydrogen) atoms. The first-order valence-electron chi connectivity index (χ1n) is 9.43. The van der Waals surface area contributed by atoms with Crippen LogP contribution in [0.3, 0.4) is 0 Å². The summed E-state index contributed by atoms with van der Waals surface area (Å²) < 4.78 is 32.1. The first-order valence-corrected chi connectivity index (χ1v) is 10.9. The number of carbonyl (C=O) groups excluding carboxylic acids is 2. The molecule has 0 aliphatic heterocycles. The molecule has 0 aliphatic carbocycles. The molecule has 0 aliphatic rings. The molecular formula is C23H22N2O5S. The van der Waals surface area contributed by atoms with Gasteiger partial charge in [0.15, 0.2) is 6.61 Å². The van der Waals surface area contributed by atoms with Gasteiger partial charge in [-0.1, -0.05) is 42.5 Å². The van der Waals surface area contributed by atoms with Crippen molar-refractivity contribution in [2.45, 2.75) is 4.90 Å². The van der Waals surface area contributed by atoms with Gasteiger partial charge in [0.25, 0.3) is 15.9 Å². The molecule has 3 rings (SSSR count). The lowest BCUT2D eigenvalue weighted by Gasteiger charge is -2.20. The van der Waals surface area contributed by atoms with Gasteiger partial charge in [0.05, 0.1) is 16.1 Å². The molecule has 7 nitrogen and oxygen atoms in total. The summed E-state index contributed by atoms with van der Waals surface area (Å²) in [6.45, 7) is -0.467. The lowest BCUT2D eigenvalue weighted by Crippen LogP contribution is -2.31. The molecule has 0 N–H and O–H groups in total. The Bertz CT molecular complexity index is 1160. The Kier molecular flexibility index (Phi) is 6.71. The maximum atomic E-state index is 12.9. The molecule has 3 aromatic carbocycles. The molecule has 0 radical (unpaired) electrons. The van der Waals surface area contributed by atoms with E-state index in [2.05, 4.69) is 0 Å². The second kappa shape index (κ2) is 9.44. The fraction of sp³-hybridized carbons (Fsp3) is 0.130. The van der Waals surface area contributed by atoms with Crippen molar-refractivity contribution >= 4 is 33.3 Å². The number of benzene rings is 3. The van der Waals surface area contributed by atoms with Crippen molar-refractivity contribution in [3.05, 3.63) is 90.5 Å². The molecule has 0 fully saturated rings. The molecule has 8 heteroatoms. The van der Waals surface area contributed by atoms with E-state index in [1.54, 1.807) is 61.6 Å². The summed E-state index contributed by atoms with van der Waals surface area (Å²) >= 11 is 0. The number of nitrogens with zero attached hydrogens (tertiary/aromatic N) is 2. The molecule has 0 saturated heterocycles. The van der Waals surface area contributed by atoms with Crippen LogP contribution in [0.1, 0.15) is 10.4 Å². The SMILES string of the molecule is CN(C(=O)COC(=O)c1cccc(S(=O)(=O)N(C)c2ccccc2)c1)c1ccccc1. The normalized spacial score (nSPS) is 10.9. The maximum Gasteiger partial charge on any atom is 0.338 e. The van der Waals surface area contributed by atoms with E-state index in [0.29, 0.717) is 11.4 Å². The predicted molar refractivity (Wildman–Crippen MR) is 119 cm³/mol. The number of carbonyl (C=O) groups is 2. The second-order valence-corrected chi connectivity index (χ2v) is 8.67. The van der Waals surface area contributed by atoms with Gasteiger partial charge in [-0.05, 0) is 42.5 Å². The van der Waals surface area contributed by atoms with E-state index < -0.39 is 28.5 Å². The highest BCUT2D eigenvalue weighted by atomic mass is 32.2. The second-order valence-electron chi connectivity index (χ2n) is 6.70. The van der Waals surface area contributed by atoms with E-state index in [4.69, 9.17) is 4.74 Å². The van der Waals surface area contributed by atoms with Crippen LogP contribution in [0, 0.1) is 0 Å². The molecule has 0 atom stereocenters. The van der Waals surface area contributed by atoms with Crippen molar-refractivity contribution in [2.24, 2.45) is 0 Å². The molecule has 0 heterocycles. The van der Waals surface area contributed by atoms with Crippen LogP contribution in [0.5, 0.6) is 0 Å². The van der Waals surface area contributed by atoms with Crippen LogP contribution in [0.25, 0.3) is 0 Å². The molecule has 160 valence electrons. The van der Waals surface area contributed by atoms with Gasteiger partial charge in [-0.25, -0.2) is 13.2 Å². The summed E-state index contributed by atoms with van der Waals surface area (Å²) in [6.07, 6.45) is 0. The predicted octanol–water partition coefficient (Wildman–Crippen LogP) is 3.33. The monoisotopic (exact) mass is 438 g/mol. The van der Waals surface area contributed by atoms with Crippen molar-refractivity contribution < 1.29 is 22.7 Å². The minimum Gasteiger partial charge on any atom is -0.452 e. The molecular weight excluding hydrogens is 416 g/mol. The summed E-state index contributed by atoms with van der Waals surface area (Å²) in [5, 5.41) is 0. The van der Waals surface area contributed by atoms with Crippen LogP contribution in [0.2, 0.25) is 0 Å². The van der Waals surface area contributed by atoms with E-state index in [1.807, 2.05) is 6.07 Å². The van der Waals surface area contributed by atoms with Gasteiger partial charge in [-0.2, -0.15) is 0 Å². The van der Waals surface area contributed by atoms with E-state index in [1.165, 1.54) is 36.2 Å². The smallest absolute Gasteiger partial charge is 0.338 e. The van der Waals surface area contributed by atoms with Gasteiger partial charge in [0, 0.05) is 19.8 Å². The van der Waals surface area contributed by atoms with E-state index in [0.717, 1.165) is 4.31 Å². The molecule has 1 amide bonds. The van der Waals surface area contributed by atoms with E-state index >= 15 is 0 Å². The summed E-state index contributed by atoms with van der Waals surface area (Å²) in [6, 6.07) is 23.1. The summed E-state index contributed by atoms with van der Waals surface area (Å²) in [4.78, 5) is 26.0. The zero-order valence-corrected chi connectivity index (χ0v) is 18.0. The minimum absolute atomic E-state index is 0.0395. The zero-order valence-electron chi connectivity index (χ0n) is 17.1. The van der Waals surface area contributed by atoms with Gasteiger partial charge in [-0.3, -0.25) is 9.10 Å². The average Bonchev–Trinajstić information content (AvgIpc) is 2.82. The van der Waals surface area contributed by atoms with Crippen LogP contribution in [-0.2, 0) is 19.6 Å². The highest BCUT2D eigenvalue weighted by molar-refractivity contribution is 7.92. The Balaban J connectivity index is 1.71. The van der Waals surface area contributed by atoms with Crippen molar-refractivity contribution in [2.75, 3.05) is 29.9 Å². The van der Waals surface area contributed by atoms with Crippen LogP contribution in [-0.4, -0.2) is 41.0 Å². The number of esters is 1. The molecule has 0 aromatic heterocycles. The fourth-order valence-electron chi connectivity index (χ4n) is 2.82. The largest absolute Gasteiger partial charge is 0.452 e. The quantitative estimate of drug-likeness (QED) is 0.529. The number of amides is 1. The third-order valence-corrected chi connectivity index (χ3v) is 6.47. The third kappa shape index (κ3) is 5.10. The Morgan fingerprint density at radius 1 is 0.806 bits per heavy atom. The number of ether oxygens (including phenoxy) is 1. The highest BCUT2D eigenvalue weighted by Crippen LogP contribution is 2.22. The van der Waals surface area contributed by atoms with Crippen molar-refractivity contribution in [3.63, 3.8) is 0 Å². The van der Waals surface area contributed by atoms with Crippen LogP contribution in [0.15, 0.2) is 89.8 Å². The van der Waals surface area contributed by atoms with Crippen LogP contribution < -0.4 is 9.21 Å². The Hall–Kier alpha value is -3.65. The number of sulfonamides is 1. The zero-order chi connectivity index (χ0) is 22.4. The van der Waals surface area contributed by atoms with E-state index in [9.17, 15) is 18.0 Å². The lowest BCUT2D eigenvalue weighted by atomic mass is 10.2. The molecule has 0 bridgehead atoms. The topological polar surface area (TPSA) is 84.0 Å². The number of hydrogen-bond acceptors (Lipinski definition) is 5. The Morgan fingerprint density at radius 2 is 1.39 bits per heavy atom. The minimum atomic E-state index is -3.88. The van der Waals surface area contributed by atoms with E-state index in [-0.39, 0.29) is 10.5 Å². The standard InChI is InChI=1S/C23H22N2O5S/c1-24(19-11-5-3-6-12-19)22(26)17-30-23(27)18-10-9-15-21(16-18)31(28,29)25(2)20-13-7-4-8-14-20/h3-16H,17H2,1-2H3. The first kappa shape index (κ1) is 22.0. The Morgan fingerprint density at radius 3 is 2.00 bits per heavy atom. The van der Waals surface area contributed by atoms with Gasteiger partial charge in [0.1, 0.15) is 0 Å². The first-order chi connectivity index (χ1) is 14.8. The molecule has 0 unspecified atom stereocenters. The number of hydrogen-bond donors (Lipinski definition) is 0. The number of anilines is 2. The number of likely N-dealkylation sites (N-methyl/N-ethyl adjacent to an activating group) is 1. The fourth-order valence-corrected chi connectivity index (χ4v) is 4.06. The summed E-state index contributed by atoms with van der Waals surface area (Å²) in [5.74, 6) is -1.19. The molecule has 0 saturated carbocycles. The van der Waals surface area contributed by atoms with Crippen LogP contribution >= 0.6 is 0 Å². The van der Waals surface area contributed by atoms with Crippen molar-refractivity contribution in [3.8, 4) is 0 Å². The molecule has 3 aromatic rings. The third-order valence-electron chi connectivity index (χ3n) is 4.69. The maximum absolute atomic E-state index is 12.9. The lowest BCUT2D eigenvalue weighted by molar-refractivity contribution is -0.121. The van der Waals surface area contributed by atoms with Crippen LogP contribution in [0.4, 0.5) is 11.4 Å². The number of rotatable bonds is 7. The van der Waals surface area contributed by atoms with Crippen molar-refractivity contribution in [1.29, 1.82) is 0 Å². The van der Waals surface area contributed by atoms with Gasteiger partial charge >= 0.3 is 5.97 Å². The highest BCUT2D eigenvalue weighted by Gasteiger charge is 2.23. The van der Waals surface area contributed by atoms with Gasteiger partial charge in [0.2, 0.25) is 0 Å². The summed E-state index contributed by atoms with van der Waals surface area (Å²) in [7, 11) is -0.859. The summed E-state index contributed by atoms with van der Waals surface area (Å²) in [5.41, 5.74) is 1.20.